The summed E-state index contributed by atoms with van der Waals surface area (Å²) in [6.07, 6.45) is 3.66. The lowest BCUT2D eigenvalue weighted by atomic mass is 10.00. The Kier molecular flexibility index (Phi) is 3.61. The molecule has 20 heavy (non-hydrogen) atoms. The lowest BCUT2D eigenvalue weighted by molar-refractivity contribution is 0.106. The number of methoxy groups -OCH3 is 1. The van der Waals surface area contributed by atoms with Crippen molar-refractivity contribution in [2.24, 2.45) is 0 Å². The molecular weight excluding hydrogens is 252 g/mol. The first kappa shape index (κ1) is 13.4. The van der Waals surface area contributed by atoms with Crippen LogP contribution in [0.15, 0.2) is 18.2 Å². The van der Waals surface area contributed by atoms with Crippen molar-refractivity contribution >= 4 is 5.65 Å². The molecule has 5 heteroatoms. The van der Waals surface area contributed by atoms with Crippen LogP contribution in [0, 0.1) is 0 Å². The van der Waals surface area contributed by atoms with E-state index in [0.717, 1.165) is 30.3 Å². The number of ether oxygens (including phenoxy) is 1. The molecule has 0 spiro atoms. The minimum atomic E-state index is 0.327. The highest BCUT2D eigenvalue weighted by Crippen LogP contribution is 2.31. The summed E-state index contributed by atoms with van der Waals surface area (Å²) in [5.41, 5.74) is 0.855. The number of fused-ring (bicyclic) bond motifs is 1. The van der Waals surface area contributed by atoms with Gasteiger partial charge in [0.25, 0.3) is 0 Å². The van der Waals surface area contributed by atoms with E-state index in [0.29, 0.717) is 12.1 Å². The van der Waals surface area contributed by atoms with Crippen molar-refractivity contribution in [1.82, 2.24) is 19.5 Å². The summed E-state index contributed by atoms with van der Waals surface area (Å²) in [5, 5.41) is 4.68. The zero-order valence-corrected chi connectivity index (χ0v) is 12.4. The van der Waals surface area contributed by atoms with Crippen molar-refractivity contribution < 1.29 is 4.74 Å². The zero-order chi connectivity index (χ0) is 14.1. The summed E-state index contributed by atoms with van der Waals surface area (Å²) in [4.78, 5) is 7.21. The van der Waals surface area contributed by atoms with E-state index in [9.17, 15) is 0 Å². The van der Waals surface area contributed by atoms with Gasteiger partial charge < -0.3 is 4.74 Å². The summed E-state index contributed by atoms with van der Waals surface area (Å²) in [5.74, 6) is 1.65. The molecule has 3 heterocycles. The SMILES string of the molecule is COc1cccc2nc(C3CCCCN3C(C)C)nn12. The first-order valence-electron chi connectivity index (χ1n) is 7.36. The second kappa shape index (κ2) is 5.40. The molecule has 0 saturated carbocycles. The molecule has 1 aliphatic rings. The Bertz CT molecular complexity index is 593. The molecule has 0 bridgehead atoms. The molecule has 0 aromatic carbocycles. The van der Waals surface area contributed by atoms with Gasteiger partial charge in [-0.05, 0) is 39.3 Å². The molecule has 0 N–H and O–H groups in total. The van der Waals surface area contributed by atoms with Gasteiger partial charge in [-0.1, -0.05) is 12.5 Å². The maximum Gasteiger partial charge on any atom is 0.216 e. The van der Waals surface area contributed by atoms with Crippen molar-refractivity contribution in [3.63, 3.8) is 0 Å². The fourth-order valence-electron chi connectivity index (χ4n) is 3.04. The van der Waals surface area contributed by atoms with Gasteiger partial charge in [0.15, 0.2) is 11.5 Å². The summed E-state index contributed by atoms with van der Waals surface area (Å²) in [7, 11) is 1.66. The molecule has 108 valence electrons. The molecular formula is C15H22N4O. The maximum absolute atomic E-state index is 5.35. The van der Waals surface area contributed by atoms with Gasteiger partial charge >= 0.3 is 0 Å². The molecule has 0 radical (unpaired) electrons. The number of aromatic nitrogens is 3. The number of rotatable bonds is 3. The van der Waals surface area contributed by atoms with E-state index >= 15 is 0 Å². The highest BCUT2D eigenvalue weighted by molar-refractivity contribution is 5.41. The average Bonchev–Trinajstić information content (AvgIpc) is 2.90. The van der Waals surface area contributed by atoms with Crippen LogP contribution < -0.4 is 4.74 Å². The molecule has 2 aromatic rings. The van der Waals surface area contributed by atoms with E-state index in [2.05, 4.69) is 23.8 Å². The highest BCUT2D eigenvalue weighted by Gasteiger charge is 2.29. The Hall–Kier alpha value is -1.62. The van der Waals surface area contributed by atoms with E-state index in [4.69, 9.17) is 9.72 Å². The predicted octanol–water partition coefficient (Wildman–Crippen LogP) is 2.67. The van der Waals surface area contributed by atoms with Crippen molar-refractivity contribution in [3.8, 4) is 5.88 Å². The third kappa shape index (κ3) is 2.26. The van der Waals surface area contributed by atoms with Crippen LogP contribution in [0.5, 0.6) is 5.88 Å². The third-order valence-corrected chi connectivity index (χ3v) is 4.06. The van der Waals surface area contributed by atoms with Crippen LogP contribution in [-0.2, 0) is 0 Å². The summed E-state index contributed by atoms with van der Waals surface area (Å²) >= 11 is 0. The highest BCUT2D eigenvalue weighted by atomic mass is 16.5. The van der Waals surface area contributed by atoms with Crippen LogP contribution in [0.2, 0.25) is 0 Å². The molecule has 1 fully saturated rings. The quantitative estimate of drug-likeness (QED) is 0.863. The molecule has 1 atom stereocenters. The van der Waals surface area contributed by atoms with E-state index in [1.54, 1.807) is 11.6 Å². The Morgan fingerprint density at radius 1 is 1.30 bits per heavy atom. The summed E-state index contributed by atoms with van der Waals surface area (Å²) in [6.45, 7) is 5.62. The van der Waals surface area contributed by atoms with Gasteiger partial charge in [0, 0.05) is 12.1 Å². The number of hydrogen-bond acceptors (Lipinski definition) is 4. The number of hydrogen-bond donors (Lipinski definition) is 0. The van der Waals surface area contributed by atoms with Crippen LogP contribution in [0.4, 0.5) is 0 Å². The molecule has 1 saturated heterocycles. The van der Waals surface area contributed by atoms with Gasteiger partial charge in [0.2, 0.25) is 5.88 Å². The molecule has 2 aromatic heterocycles. The van der Waals surface area contributed by atoms with Crippen LogP contribution in [0.3, 0.4) is 0 Å². The fourth-order valence-corrected chi connectivity index (χ4v) is 3.04. The number of likely N-dealkylation sites (tertiary alicyclic amines) is 1. The van der Waals surface area contributed by atoms with Gasteiger partial charge in [-0.15, -0.1) is 5.10 Å². The Balaban J connectivity index is 2.00. The van der Waals surface area contributed by atoms with E-state index < -0.39 is 0 Å². The van der Waals surface area contributed by atoms with Gasteiger partial charge in [-0.2, -0.15) is 4.52 Å². The average molecular weight is 274 g/mol. The first-order chi connectivity index (χ1) is 9.70. The number of pyridine rings is 1. The molecule has 1 aliphatic heterocycles. The van der Waals surface area contributed by atoms with E-state index in [-0.39, 0.29) is 0 Å². The monoisotopic (exact) mass is 274 g/mol. The summed E-state index contributed by atoms with van der Waals surface area (Å²) in [6, 6.07) is 6.68. The first-order valence-corrected chi connectivity index (χ1v) is 7.36. The predicted molar refractivity (Wildman–Crippen MR) is 78.0 cm³/mol. The molecule has 5 nitrogen and oxygen atoms in total. The van der Waals surface area contributed by atoms with Crippen molar-refractivity contribution in [1.29, 1.82) is 0 Å². The lowest BCUT2D eigenvalue weighted by Crippen LogP contribution is -2.39. The van der Waals surface area contributed by atoms with Gasteiger partial charge in [0.05, 0.1) is 13.2 Å². The van der Waals surface area contributed by atoms with Gasteiger partial charge in [-0.25, -0.2) is 4.98 Å². The van der Waals surface area contributed by atoms with Crippen LogP contribution in [-0.4, -0.2) is 39.2 Å². The standard InChI is InChI=1S/C15H22N4O/c1-11(2)18-10-5-4-7-12(18)15-16-13-8-6-9-14(20-3)19(13)17-15/h6,8-9,11-12H,4-5,7,10H2,1-3H3. The second-order valence-corrected chi connectivity index (χ2v) is 5.65. The van der Waals surface area contributed by atoms with Crippen LogP contribution >= 0.6 is 0 Å². The van der Waals surface area contributed by atoms with Crippen LogP contribution in [0.1, 0.15) is 45.0 Å². The molecule has 0 aliphatic carbocycles. The fraction of sp³-hybridized carbons (Fsp3) is 0.600. The smallest absolute Gasteiger partial charge is 0.216 e. The third-order valence-electron chi connectivity index (χ3n) is 4.06. The minimum Gasteiger partial charge on any atom is -0.481 e. The van der Waals surface area contributed by atoms with E-state index in [1.165, 1.54) is 12.8 Å². The van der Waals surface area contributed by atoms with Crippen molar-refractivity contribution in [2.75, 3.05) is 13.7 Å². The van der Waals surface area contributed by atoms with Crippen molar-refractivity contribution in [3.05, 3.63) is 24.0 Å². The molecule has 3 rings (SSSR count). The zero-order valence-electron chi connectivity index (χ0n) is 12.4. The van der Waals surface area contributed by atoms with Gasteiger partial charge in [0.1, 0.15) is 0 Å². The minimum absolute atomic E-state index is 0.327. The Labute approximate surface area is 119 Å². The molecule has 0 amide bonds. The van der Waals surface area contributed by atoms with E-state index in [1.807, 2.05) is 18.2 Å². The second-order valence-electron chi connectivity index (χ2n) is 5.65. The number of nitrogens with zero attached hydrogens (tertiary/aromatic N) is 4. The van der Waals surface area contributed by atoms with Crippen molar-refractivity contribution in [2.45, 2.75) is 45.2 Å². The topological polar surface area (TPSA) is 42.7 Å². The summed E-state index contributed by atoms with van der Waals surface area (Å²) < 4.78 is 7.14. The maximum atomic E-state index is 5.35. The van der Waals surface area contributed by atoms with Crippen LogP contribution in [0.25, 0.3) is 5.65 Å². The normalized spacial score (nSPS) is 20.7. The number of piperidine rings is 1. The Morgan fingerprint density at radius 2 is 2.15 bits per heavy atom. The molecule has 1 unspecified atom stereocenters. The largest absolute Gasteiger partial charge is 0.481 e. The Morgan fingerprint density at radius 3 is 2.90 bits per heavy atom. The van der Waals surface area contributed by atoms with Gasteiger partial charge in [-0.3, -0.25) is 4.90 Å². The lowest BCUT2D eigenvalue weighted by Gasteiger charge is -2.36.